The van der Waals surface area contributed by atoms with Crippen molar-refractivity contribution in [2.75, 3.05) is 20.4 Å². The minimum Gasteiger partial charge on any atom is -0.494 e. The topological polar surface area (TPSA) is 55.4 Å². The molecule has 1 rings (SSSR count). The first-order chi connectivity index (χ1) is 8.32. The summed E-state index contributed by atoms with van der Waals surface area (Å²) >= 11 is 0. The number of halogens is 1. The first kappa shape index (κ1) is 14.9. The molecule has 0 aromatic heterocycles. The van der Waals surface area contributed by atoms with Crippen LogP contribution in [-0.2, 0) is 9.84 Å². The normalized spacial score (nSPS) is 15.2. The fourth-order valence-electron chi connectivity index (χ4n) is 1.82. The van der Waals surface area contributed by atoms with Gasteiger partial charge in [-0.2, -0.15) is 0 Å². The van der Waals surface area contributed by atoms with E-state index >= 15 is 0 Å². The van der Waals surface area contributed by atoms with Crippen molar-refractivity contribution in [2.24, 2.45) is 0 Å². The number of benzene rings is 1. The van der Waals surface area contributed by atoms with Crippen molar-refractivity contribution < 1.29 is 17.5 Å². The van der Waals surface area contributed by atoms with Gasteiger partial charge in [-0.15, -0.1) is 0 Å². The van der Waals surface area contributed by atoms with E-state index in [2.05, 4.69) is 5.32 Å². The van der Waals surface area contributed by atoms with E-state index in [-0.39, 0.29) is 11.3 Å². The second-order valence-corrected chi connectivity index (χ2v) is 6.57. The minimum absolute atomic E-state index is 0.105. The van der Waals surface area contributed by atoms with Crippen molar-refractivity contribution >= 4 is 9.84 Å². The Hall–Kier alpha value is -1.14. The number of sulfone groups is 1. The molecule has 6 heteroatoms. The van der Waals surface area contributed by atoms with E-state index in [0.717, 1.165) is 6.26 Å². The highest BCUT2D eigenvalue weighted by atomic mass is 32.2. The Morgan fingerprint density at radius 2 is 2.00 bits per heavy atom. The third-order valence-electron chi connectivity index (χ3n) is 3.00. The van der Waals surface area contributed by atoms with E-state index in [4.69, 9.17) is 4.74 Å². The van der Waals surface area contributed by atoms with E-state index in [1.54, 1.807) is 26.1 Å². The van der Waals surface area contributed by atoms with Gasteiger partial charge in [0, 0.05) is 11.8 Å². The Labute approximate surface area is 107 Å². The highest BCUT2D eigenvalue weighted by Gasteiger charge is 2.29. The summed E-state index contributed by atoms with van der Waals surface area (Å²) in [4.78, 5) is 0. The first-order valence-corrected chi connectivity index (χ1v) is 7.47. The van der Waals surface area contributed by atoms with Gasteiger partial charge in [-0.25, -0.2) is 12.8 Å². The molecular formula is C12H18FNO3S. The van der Waals surface area contributed by atoms with Crippen molar-refractivity contribution in [1.29, 1.82) is 0 Å². The highest BCUT2D eigenvalue weighted by molar-refractivity contribution is 7.91. The lowest BCUT2D eigenvalue weighted by atomic mass is 10.0. The predicted molar refractivity (Wildman–Crippen MR) is 69.1 cm³/mol. The minimum atomic E-state index is -3.27. The number of nitrogens with one attached hydrogen (secondary N) is 1. The maximum Gasteiger partial charge on any atom is 0.169 e. The molecule has 0 amide bonds. The smallest absolute Gasteiger partial charge is 0.169 e. The lowest BCUT2D eigenvalue weighted by Gasteiger charge is -2.23. The van der Waals surface area contributed by atoms with E-state index < -0.39 is 26.9 Å². The second kappa shape index (κ2) is 5.67. The van der Waals surface area contributed by atoms with Crippen molar-refractivity contribution in [3.8, 4) is 5.75 Å². The third kappa shape index (κ3) is 3.00. The summed E-state index contributed by atoms with van der Waals surface area (Å²) in [5.41, 5.74) is 0.287. The predicted octanol–water partition coefficient (Wildman–Crippen LogP) is 1.53. The fourth-order valence-corrected chi connectivity index (χ4v) is 2.59. The van der Waals surface area contributed by atoms with Crippen LogP contribution in [0.4, 0.5) is 4.39 Å². The summed E-state index contributed by atoms with van der Waals surface area (Å²) in [5.74, 6) is -0.427. The summed E-state index contributed by atoms with van der Waals surface area (Å²) in [6, 6.07) is 4.07. The fraction of sp³-hybridized carbons (Fsp3) is 0.500. The van der Waals surface area contributed by atoms with Crippen LogP contribution in [0.2, 0.25) is 0 Å². The molecule has 0 aliphatic carbocycles. The molecule has 1 N–H and O–H groups in total. The molecule has 1 aromatic carbocycles. The molecule has 0 heterocycles. The van der Waals surface area contributed by atoms with Crippen LogP contribution in [0.5, 0.6) is 5.75 Å². The van der Waals surface area contributed by atoms with E-state index in [1.165, 1.54) is 13.2 Å². The summed E-state index contributed by atoms with van der Waals surface area (Å²) in [7, 11) is -0.295. The SMILES string of the molecule is CNC(c1cccc(OC)c1F)C(C)S(C)(=O)=O. The standard InChI is InChI=1S/C12H18FNO3S/c1-8(18(4,15)16)12(14-2)9-6-5-7-10(17-3)11(9)13/h5-8,12,14H,1-4H3. The van der Waals surface area contributed by atoms with Gasteiger partial charge < -0.3 is 10.1 Å². The van der Waals surface area contributed by atoms with Crippen LogP contribution >= 0.6 is 0 Å². The largest absolute Gasteiger partial charge is 0.494 e. The molecule has 4 nitrogen and oxygen atoms in total. The molecule has 0 aliphatic heterocycles. The van der Waals surface area contributed by atoms with Crippen molar-refractivity contribution in [3.05, 3.63) is 29.6 Å². The van der Waals surface area contributed by atoms with E-state index in [1.807, 2.05) is 0 Å². The van der Waals surface area contributed by atoms with Crippen molar-refractivity contribution in [1.82, 2.24) is 5.32 Å². The molecule has 1 aromatic rings. The van der Waals surface area contributed by atoms with Crippen LogP contribution in [0.15, 0.2) is 18.2 Å². The molecule has 0 aliphatic rings. The first-order valence-electron chi connectivity index (χ1n) is 5.51. The van der Waals surface area contributed by atoms with Gasteiger partial charge in [-0.3, -0.25) is 0 Å². The van der Waals surface area contributed by atoms with Gasteiger partial charge >= 0.3 is 0 Å². The zero-order valence-corrected chi connectivity index (χ0v) is 11.7. The zero-order chi connectivity index (χ0) is 13.9. The number of hydrogen-bond donors (Lipinski definition) is 1. The van der Waals surface area contributed by atoms with Crippen molar-refractivity contribution in [3.63, 3.8) is 0 Å². The maximum atomic E-state index is 14.1. The highest BCUT2D eigenvalue weighted by Crippen LogP contribution is 2.28. The molecule has 102 valence electrons. The average molecular weight is 275 g/mol. The Morgan fingerprint density at radius 3 is 2.44 bits per heavy atom. The Balaban J connectivity index is 3.26. The number of hydrogen-bond acceptors (Lipinski definition) is 4. The Bertz CT molecular complexity index is 516. The summed E-state index contributed by atoms with van der Waals surface area (Å²) in [5, 5.41) is 2.11. The van der Waals surface area contributed by atoms with Gasteiger partial charge in [0.2, 0.25) is 0 Å². The molecule has 0 saturated carbocycles. The summed E-state index contributed by atoms with van der Waals surface area (Å²) < 4.78 is 42.1. The Morgan fingerprint density at radius 1 is 1.39 bits per heavy atom. The van der Waals surface area contributed by atoms with Gasteiger partial charge in [-0.05, 0) is 20.0 Å². The second-order valence-electron chi connectivity index (χ2n) is 4.16. The third-order valence-corrected chi connectivity index (χ3v) is 4.63. The maximum absolute atomic E-state index is 14.1. The van der Waals surface area contributed by atoms with Crippen molar-refractivity contribution in [2.45, 2.75) is 18.2 Å². The molecule has 18 heavy (non-hydrogen) atoms. The summed E-state index contributed by atoms with van der Waals surface area (Å²) in [6.45, 7) is 1.55. The molecule has 0 bridgehead atoms. The number of ether oxygens (including phenoxy) is 1. The average Bonchev–Trinajstić information content (AvgIpc) is 2.30. The molecular weight excluding hydrogens is 257 g/mol. The van der Waals surface area contributed by atoms with Gasteiger partial charge in [0.05, 0.1) is 18.4 Å². The Kier molecular flexibility index (Phi) is 4.70. The molecule has 0 fully saturated rings. The van der Waals surface area contributed by atoms with Crippen LogP contribution in [0, 0.1) is 5.82 Å². The summed E-state index contributed by atoms with van der Waals surface area (Å²) in [6.07, 6.45) is 1.14. The lowest BCUT2D eigenvalue weighted by molar-refractivity contribution is 0.380. The van der Waals surface area contributed by atoms with Crippen LogP contribution in [0.25, 0.3) is 0 Å². The molecule has 0 saturated heterocycles. The van der Waals surface area contributed by atoms with E-state index in [9.17, 15) is 12.8 Å². The molecule has 2 unspecified atom stereocenters. The van der Waals surface area contributed by atoms with Gasteiger partial charge in [0.25, 0.3) is 0 Å². The lowest BCUT2D eigenvalue weighted by Crippen LogP contribution is -2.33. The molecule has 0 radical (unpaired) electrons. The van der Waals surface area contributed by atoms with Gasteiger partial charge in [0.1, 0.15) is 0 Å². The van der Waals surface area contributed by atoms with Crippen LogP contribution < -0.4 is 10.1 Å². The quantitative estimate of drug-likeness (QED) is 0.885. The zero-order valence-electron chi connectivity index (χ0n) is 10.9. The van der Waals surface area contributed by atoms with E-state index in [0.29, 0.717) is 0 Å². The monoisotopic (exact) mass is 275 g/mol. The molecule has 0 spiro atoms. The van der Waals surface area contributed by atoms with Crippen LogP contribution in [0.1, 0.15) is 18.5 Å². The van der Waals surface area contributed by atoms with Gasteiger partial charge in [-0.1, -0.05) is 12.1 Å². The van der Waals surface area contributed by atoms with Crippen LogP contribution in [0.3, 0.4) is 0 Å². The number of methoxy groups -OCH3 is 1. The van der Waals surface area contributed by atoms with Crippen LogP contribution in [-0.4, -0.2) is 34.1 Å². The molecule has 2 atom stereocenters. The number of rotatable bonds is 5. The van der Waals surface area contributed by atoms with Gasteiger partial charge in [0.15, 0.2) is 21.4 Å².